The summed E-state index contributed by atoms with van der Waals surface area (Å²) in [6.45, 7) is 0. The molecule has 0 unspecified atom stereocenters. The molecule has 0 atom stereocenters. The van der Waals surface area contributed by atoms with Crippen molar-refractivity contribution in [3.8, 4) is 34.0 Å². The van der Waals surface area contributed by atoms with Crippen LogP contribution in [-0.2, 0) is 0 Å². The predicted octanol–water partition coefficient (Wildman–Crippen LogP) is 12.0. The molecule has 0 radical (unpaired) electrons. The Hall–Kier alpha value is -7.57. The average Bonchev–Trinajstić information content (AvgIpc) is 3.89. The quantitative estimate of drug-likeness (QED) is 0.183. The minimum absolute atomic E-state index is 0.651. The monoisotopic (exact) mass is 702 g/mol. The zero-order valence-corrected chi connectivity index (χ0v) is 29.5. The standard InChI is InChI=1S/C49H30N6/c1-2-14-36(15-3-1)53-46-30-34(25-27-45(46)55-44-21-11-9-19-41(44)51-49(53)55)33-24-26-43-39(29-33)37-16-7-10-20-42(37)54(43)48-50-40-18-8-6-17-38(40)47(52-48)35-23-22-31-12-4-5-13-32(31)28-35/h1-30H. The van der Waals surface area contributed by atoms with Gasteiger partial charge in [-0.25, -0.2) is 15.0 Å². The van der Waals surface area contributed by atoms with E-state index >= 15 is 0 Å². The van der Waals surface area contributed by atoms with Crippen LogP contribution in [0, 0.1) is 0 Å². The molecule has 0 saturated heterocycles. The molecule has 6 heteroatoms. The fourth-order valence-electron chi connectivity index (χ4n) is 8.50. The molecule has 12 rings (SSSR count). The SMILES string of the molecule is c1ccc(-n2c3cc(-c4ccc5c(c4)c4ccccc4n5-c4nc(-c5ccc6ccccc6c5)c5ccccc5n4)ccc3n3c4ccccc4nc23)cc1. The number of nitrogens with zero attached hydrogens (tertiary/aromatic N) is 6. The first-order chi connectivity index (χ1) is 27.3. The van der Waals surface area contributed by atoms with Crippen LogP contribution in [0.2, 0.25) is 0 Å². The van der Waals surface area contributed by atoms with Crippen LogP contribution in [0.3, 0.4) is 0 Å². The third-order valence-corrected chi connectivity index (χ3v) is 11.0. The van der Waals surface area contributed by atoms with Crippen LogP contribution in [0.25, 0.3) is 105 Å². The minimum Gasteiger partial charge on any atom is -0.278 e. The summed E-state index contributed by atoms with van der Waals surface area (Å²) in [5.41, 5.74) is 12.7. The van der Waals surface area contributed by atoms with Crippen LogP contribution in [0.4, 0.5) is 0 Å². The molecule has 4 aromatic heterocycles. The molecule has 0 amide bonds. The second-order valence-electron chi connectivity index (χ2n) is 14.1. The summed E-state index contributed by atoms with van der Waals surface area (Å²) in [5, 5.41) is 5.73. The molecular formula is C49H30N6. The van der Waals surface area contributed by atoms with Crippen LogP contribution < -0.4 is 0 Å². The molecule has 12 aromatic rings. The van der Waals surface area contributed by atoms with Crippen molar-refractivity contribution in [2.75, 3.05) is 0 Å². The van der Waals surface area contributed by atoms with Crippen molar-refractivity contribution in [3.05, 3.63) is 182 Å². The Kier molecular flexibility index (Phi) is 6.24. The number of aromatic nitrogens is 6. The van der Waals surface area contributed by atoms with E-state index in [1.54, 1.807) is 0 Å². The van der Waals surface area contributed by atoms with Crippen molar-refractivity contribution >= 4 is 71.3 Å². The summed E-state index contributed by atoms with van der Waals surface area (Å²) in [6.07, 6.45) is 0. The molecule has 0 N–H and O–H groups in total. The van der Waals surface area contributed by atoms with Gasteiger partial charge in [0.1, 0.15) is 0 Å². The molecule has 256 valence electrons. The highest BCUT2D eigenvalue weighted by atomic mass is 15.2. The normalized spacial score (nSPS) is 12.0. The van der Waals surface area contributed by atoms with Gasteiger partial charge in [0.15, 0.2) is 0 Å². The number of imidazole rings is 2. The summed E-state index contributed by atoms with van der Waals surface area (Å²) < 4.78 is 6.76. The topological polar surface area (TPSA) is 52.9 Å². The molecule has 0 saturated carbocycles. The van der Waals surface area contributed by atoms with Crippen molar-refractivity contribution in [1.29, 1.82) is 0 Å². The highest BCUT2D eigenvalue weighted by Gasteiger charge is 2.20. The summed E-state index contributed by atoms with van der Waals surface area (Å²) in [7, 11) is 0. The minimum atomic E-state index is 0.651. The highest BCUT2D eigenvalue weighted by molar-refractivity contribution is 6.11. The van der Waals surface area contributed by atoms with E-state index in [0.29, 0.717) is 5.95 Å². The van der Waals surface area contributed by atoms with Crippen molar-refractivity contribution in [1.82, 2.24) is 28.5 Å². The molecule has 4 heterocycles. The van der Waals surface area contributed by atoms with Gasteiger partial charge in [0.2, 0.25) is 11.7 Å². The number of hydrogen-bond acceptors (Lipinski definition) is 3. The first-order valence-electron chi connectivity index (χ1n) is 18.5. The third-order valence-electron chi connectivity index (χ3n) is 11.0. The Morgan fingerprint density at radius 1 is 0.345 bits per heavy atom. The average molecular weight is 703 g/mol. The largest absolute Gasteiger partial charge is 0.278 e. The van der Waals surface area contributed by atoms with Gasteiger partial charge in [-0.05, 0) is 88.6 Å². The van der Waals surface area contributed by atoms with Gasteiger partial charge in [0.25, 0.3) is 0 Å². The van der Waals surface area contributed by atoms with E-state index < -0.39 is 0 Å². The lowest BCUT2D eigenvalue weighted by Crippen LogP contribution is -2.03. The lowest BCUT2D eigenvalue weighted by molar-refractivity contribution is 1.01. The van der Waals surface area contributed by atoms with Crippen LogP contribution in [0.15, 0.2) is 182 Å². The molecule has 0 aliphatic carbocycles. The summed E-state index contributed by atoms with van der Waals surface area (Å²) >= 11 is 0. The second kappa shape index (κ2) is 11.5. The van der Waals surface area contributed by atoms with E-state index in [-0.39, 0.29) is 0 Å². The molecule has 0 fully saturated rings. The molecular weight excluding hydrogens is 673 g/mol. The first-order valence-corrected chi connectivity index (χ1v) is 18.5. The van der Waals surface area contributed by atoms with Crippen molar-refractivity contribution in [2.45, 2.75) is 0 Å². The number of hydrogen-bond donors (Lipinski definition) is 0. The van der Waals surface area contributed by atoms with Crippen molar-refractivity contribution in [3.63, 3.8) is 0 Å². The molecule has 6 nitrogen and oxygen atoms in total. The van der Waals surface area contributed by atoms with Gasteiger partial charge in [-0.3, -0.25) is 13.5 Å². The van der Waals surface area contributed by atoms with Gasteiger partial charge in [-0.2, -0.15) is 0 Å². The molecule has 0 spiro atoms. The van der Waals surface area contributed by atoms with Gasteiger partial charge in [0, 0.05) is 27.4 Å². The summed E-state index contributed by atoms with van der Waals surface area (Å²) in [4.78, 5) is 15.7. The lowest BCUT2D eigenvalue weighted by atomic mass is 10.0. The number of para-hydroxylation sites is 5. The van der Waals surface area contributed by atoms with Crippen LogP contribution >= 0.6 is 0 Å². The summed E-state index contributed by atoms with van der Waals surface area (Å²) in [5.74, 6) is 1.55. The first kappa shape index (κ1) is 29.9. The highest BCUT2D eigenvalue weighted by Crippen LogP contribution is 2.38. The Morgan fingerprint density at radius 3 is 1.87 bits per heavy atom. The Bertz CT molecular complexity index is 3500. The second-order valence-corrected chi connectivity index (χ2v) is 14.1. The van der Waals surface area contributed by atoms with Gasteiger partial charge in [0.05, 0.1) is 44.3 Å². The van der Waals surface area contributed by atoms with E-state index in [9.17, 15) is 0 Å². The zero-order chi connectivity index (χ0) is 36.0. The van der Waals surface area contributed by atoms with Crippen LogP contribution in [-0.4, -0.2) is 28.5 Å². The maximum absolute atomic E-state index is 5.35. The number of fused-ring (bicyclic) bond motifs is 10. The maximum Gasteiger partial charge on any atom is 0.235 e. The molecule has 0 aliphatic rings. The van der Waals surface area contributed by atoms with E-state index in [1.165, 1.54) is 10.8 Å². The Balaban J connectivity index is 1.07. The Morgan fingerprint density at radius 2 is 1.00 bits per heavy atom. The van der Waals surface area contributed by atoms with E-state index in [2.05, 4.69) is 183 Å². The van der Waals surface area contributed by atoms with Gasteiger partial charge in [-0.1, -0.05) is 115 Å². The zero-order valence-electron chi connectivity index (χ0n) is 29.5. The molecule has 8 aromatic carbocycles. The van der Waals surface area contributed by atoms with Crippen molar-refractivity contribution in [2.24, 2.45) is 0 Å². The lowest BCUT2D eigenvalue weighted by Gasteiger charge is -2.12. The molecule has 0 aliphatic heterocycles. The fourth-order valence-corrected chi connectivity index (χ4v) is 8.50. The van der Waals surface area contributed by atoms with Gasteiger partial charge in [-0.15, -0.1) is 0 Å². The van der Waals surface area contributed by atoms with Crippen LogP contribution in [0.5, 0.6) is 0 Å². The summed E-state index contributed by atoms with van der Waals surface area (Å²) in [6, 6.07) is 64.3. The van der Waals surface area contributed by atoms with E-state index in [4.69, 9.17) is 15.0 Å². The number of benzene rings is 8. The van der Waals surface area contributed by atoms with Gasteiger partial charge < -0.3 is 0 Å². The smallest absolute Gasteiger partial charge is 0.235 e. The van der Waals surface area contributed by atoms with Crippen LogP contribution in [0.1, 0.15) is 0 Å². The molecule has 0 bridgehead atoms. The molecule has 55 heavy (non-hydrogen) atoms. The Labute approximate surface area is 314 Å². The van der Waals surface area contributed by atoms with E-state index in [1.807, 2.05) is 12.1 Å². The predicted molar refractivity (Wildman–Crippen MR) is 225 cm³/mol. The maximum atomic E-state index is 5.35. The van der Waals surface area contributed by atoms with Gasteiger partial charge >= 0.3 is 0 Å². The fraction of sp³-hybridized carbons (Fsp3) is 0. The number of rotatable bonds is 4. The van der Waals surface area contributed by atoms with E-state index in [0.717, 1.165) is 88.6 Å². The van der Waals surface area contributed by atoms with Crippen molar-refractivity contribution < 1.29 is 0 Å². The third kappa shape index (κ3) is 4.46.